The molecule has 0 radical (unpaired) electrons. The van der Waals surface area contributed by atoms with E-state index >= 15 is 0 Å². The first-order valence-electron chi connectivity index (χ1n) is 6.76. The zero-order valence-corrected chi connectivity index (χ0v) is 11.4. The molecule has 3 rings (SSSR count). The maximum Gasteiger partial charge on any atom is 0.148 e. The summed E-state index contributed by atoms with van der Waals surface area (Å²) in [4.78, 5) is 2.01. The Morgan fingerprint density at radius 3 is 2.70 bits per heavy atom. The highest BCUT2D eigenvalue weighted by atomic mass is 19.1. The summed E-state index contributed by atoms with van der Waals surface area (Å²) in [5, 5.41) is 8.82. The molecule has 0 atom stereocenters. The predicted octanol–water partition coefficient (Wildman–Crippen LogP) is 4.09. The van der Waals surface area contributed by atoms with Crippen molar-refractivity contribution in [3.8, 4) is 6.07 Å². The van der Waals surface area contributed by atoms with Gasteiger partial charge in [-0.2, -0.15) is 5.26 Å². The Bertz CT molecular complexity index is 701. The van der Waals surface area contributed by atoms with E-state index < -0.39 is 0 Å². The van der Waals surface area contributed by atoms with Crippen molar-refractivity contribution >= 4 is 11.4 Å². The van der Waals surface area contributed by atoms with Crippen LogP contribution in [0.25, 0.3) is 0 Å². The number of aryl methyl sites for hydroxylation is 2. The van der Waals surface area contributed by atoms with Gasteiger partial charge in [0.15, 0.2) is 0 Å². The first-order chi connectivity index (χ1) is 9.69. The van der Waals surface area contributed by atoms with E-state index in [0.717, 1.165) is 25.1 Å². The van der Waals surface area contributed by atoms with Gasteiger partial charge in [-0.1, -0.05) is 17.7 Å². The van der Waals surface area contributed by atoms with Crippen LogP contribution in [0.3, 0.4) is 0 Å². The fourth-order valence-corrected chi connectivity index (χ4v) is 2.77. The second kappa shape index (κ2) is 4.97. The Morgan fingerprint density at radius 2 is 1.95 bits per heavy atom. The van der Waals surface area contributed by atoms with Gasteiger partial charge >= 0.3 is 0 Å². The summed E-state index contributed by atoms with van der Waals surface area (Å²) in [6.45, 7) is 2.88. The third-order valence-corrected chi connectivity index (χ3v) is 3.72. The molecule has 0 saturated heterocycles. The van der Waals surface area contributed by atoms with Crippen LogP contribution in [0.1, 0.15) is 23.1 Å². The van der Waals surface area contributed by atoms with Crippen LogP contribution in [0.15, 0.2) is 36.4 Å². The molecule has 2 aromatic rings. The van der Waals surface area contributed by atoms with Crippen LogP contribution in [-0.4, -0.2) is 6.54 Å². The van der Waals surface area contributed by atoms with E-state index in [2.05, 4.69) is 25.1 Å². The number of anilines is 2. The predicted molar refractivity (Wildman–Crippen MR) is 77.6 cm³/mol. The summed E-state index contributed by atoms with van der Waals surface area (Å²) in [5.41, 5.74) is 4.47. The first kappa shape index (κ1) is 12.7. The average Bonchev–Trinajstić information content (AvgIpc) is 2.46. The summed E-state index contributed by atoms with van der Waals surface area (Å²) >= 11 is 0. The number of benzene rings is 2. The van der Waals surface area contributed by atoms with Crippen LogP contribution in [0.4, 0.5) is 15.8 Å². The highest BCUT2D eigenvalue weighted by molar-refractivity contribution is 5.69. The fraction of sp³-hybridized carbons (Fsp3) is 0.235. The number of hydrogen-bond donors (Lipinski definition) is 0. The summed E-state index contributed by atoms with van der Waals surface area (Å²) in [5.74, 6) is -0.336. The lowest BCUT2D eigenvalue weighted by Gasteiger charge is -2.31. The Hall–Kier alpha value is -2.34. The first-order valence-corrected chi connectivity index (χ1v) is 6.76. The van der Waals surface area contributed by atoms with Gasteiger partial charge in [-0.25, -0.2) is 4.39 Å². The molecule has 0 saturated carbocycles. The van der Waals surface area contributed by atoms with E-state index in [1.807, 2.05) is 11.0 Å². The molecule has 0 aromatic heterocycles. The number of nitriles is 1. The molecule has 0 aliphatic carbocycles. The third-order valence-electron chi connectivity index (χ3n) is 3.72. The smallest absolute Gasteiger partial charge is 0.148 e. The number of nitrogens with zero attached hydrogens (tertiary/aromatic N) is 2. The van der Waals surface area contributed by atoms with Crippen molar-refractivity contribution in [1.29, 1.82) is 5.26 Å². The second-order valence-electron chi connectivity index (χ2n) is 5.17. The number of halogens is 1. The fourth-order valence-electron chi connectivity index (χ4n) is 2.77. The van der Waals surface area contributed by atoms with E-state index in [4.69, 9.17) is 5.26 Å². The maximum absolute atomic E-state index is 14.2. The van der Waals surface area contributed by atoms with Gasteiger partial charge in [0, 0.05) is 12.2 Å². The largest absolute Gasteiger partial charge is 0.339 e. The van der Waals surface area contributed by atoms with E-state index in [0.29, 0.717) is 11.3 Å². The molecule has 100 valence electrons. The van der Waals surface area contributed by atoms with E-state index in [1.165, 1.54) is 17.2 Å². The van der Waals surface area contributed by atoms with Crippen LogP contribution in [-0.2, 0) is 6.42 Å². The molecule has 0 bridgehead atoms. The summed E-state index contributed by atoms with van der Waals surface area (Å²) in [6, 6.07) is 12.9. The van der Waals surface area contributed by atoms with Crippen LogP contribution < -0.4 is 4.90 Å². The topological polar surface area (TPSA) is 27.0 Å². The maximum atomic E-state index is 14.2. The number of fused-ring (bicyclic) bond motifs is 1. The average molecular weight is 266 g/mol. The van der Waals surface area contributed by atoms with Crippen molar-refractivity contribution in [3.05, 3.63) is 58.9 Å². The van der Waals surface area contributed by atoms with Crippen molar-refractivity contribution in [2.75, 3.05) is 11.4 Å². The van der Waals surface area contributed by atoms with Crippen LogP contribution in [0.2, 0.25) is 0 Å². The molecule has 3 heteroatoms. The van der Waals surface area contributed by atoms with Gasteiger partial charge < -0.3 is 4.90 Å². The van der Waals surface area contributed by atoms with Gasteiger partial charge in [0.25, 0.3) is 0 Å². The van der Waals surface area contributed by atoms with Crippen molar-refractivity contribution in [1.82, 2.24) is 0 Å². The molecule has 0 amide bonds. The van der Waals surface area contributed by atoms with Crippen LogP contribution >= 0.6 is 0 Å². The van der Waals surface area contributed by atoms with Crippen LogP contribution in [0, 0.1) is 24.1 Å². The number of hydrogen-bond acceptors (Lipinski definition) is 2. The summed E-state index contributed by atoms with van der Waals surface area (Å²) < 4.78 is 14.2. The zero-order valence-electron chi connectivity index (χ0n) is 11.4. The highest BCUT2D eigenvalue weighted by Gasteiger charge is 2.20. The SMILES string of the molecule is Cc1ccc2c(c1)CCCN2c1ccc(C#N)cc1F. The molecule has 0 N–H and O–H groups in total. The van der Waals surface area contributed by atoms with E-state index in [9.17, 15) is 4.39 Å². The molecule has 1 heterocycles. The second-order valence-corrected chi connectivity index (χ2v) is 5.17. The molecule has 0 unspecified atom stereocenters. The molecule has 1 aliphatic heterocycles. The zero-order chi connectivity index (χ0) is 14.1. The Morgan fingerprint density at radius 1 is 1.15 bits per heavy atom. The van der Waals surface area contributed by atoms with Gasteiger partial charge in [0.05, 0.1) is 17.3 Å². The normalized spacial score (nSPS) is 13.8. The standard InChI is InChI=1S/C17H15FN2/c1-12-4-6-16-14(9-12)3-2-8-20(16)17-7-5-13(11-19)10-15(17)18/h4-7,9-10H,2-3,8H2,1H3. The molecule has 2 aromatic carbocycles. The lowest BCUT2D eigenvalue weighted by atomic mass is 9.99. The lowest BCUT2D eigenvalue weighted by molar-refractivity contribution is 0.620. The molecular weight excluding hydrogens is 251 g/mol. The van der Waals surface area contributed by atoms with Gasteiger partial charge in [-0.3, -0.25) is 0 Å². The summed E-state index contributed by atoms with van der Waals surface area (Å²) in [7, 11) is 0. The van der Waals surface area contributed by atoms with Crippen molar-refractivity contribution in [3.63, 3.8) is 0 Å². The van der Waals surface area contributed by atoms with Crippen molar-refractivity contribution in [2.45, 2.75) is 19.8 Å². The molecule has 1 aliphatic rings. The number of rotatable bonds is 1. The monoisotopic (exact) mass is 266 g/mol. The van der Waals surface area contributed by atoms with Crippen molar-refractivity contribution < 1.29 is 4.39 Å². The quantitative estimate of drug-likeness (QED) is 0.777. The Balaban J connectivity index is 2.07. The van der Waals surface area contributed by atoms with Gasteiger partial charge in [0.1, 0.15) is 5.82 Å². The summed E-state index contributed by atoms with van der Waals surface area (Å²) in [6.07, 6.45) is 2.04. The minimum absolute atomic E-state index is 0.336. The lowest BCUT2D eigenvalue weighted by Crippen LogP contribution is -2.25. The molecule has 0 fully saturated rings. The molecular formula is C17H15FN2. The van der Waals surface area contributed by atoms with Gasteiger partial charge in [-0.05, 0) is 49.6 Å². The van der Waals surface area contributed by atoms with Crippen molar-refractivity contribution in [2.24, 2.45) is 0 Å². The minimum Gasteiger partial charge on any atom is -0.339 e. The molecule has 0 spiro atoms. The van der Waals surface area contributed by atoms with Crippen LogP contribution in [0.5, 0.6) is 0 Å². The third kappa shape index (κ3) is 2.14. The highest BCUT2D eigenvalue weighted by Crippen LogP contribution is 2.35. The van der Waals surface area contributed by atoms with E-state index in [-0.39, 0.29) is 5.82 Å². The molecule has 20 heavy (non-hydrogen) atoms. The van der Waals surface area contributed by atoms with Gasteiger partial charge in [-0.15, -0.1) is 0 Å². The minimum atomic E-state index is -0.336. The molecule has 2 nitrogen and oxygen atoms in total. The van der Waals surface area contributed by atoms with Gasteiger partial charge in [0.2, 0.25) is 0 Å². The Kier molecular flexibility index (Phi) is 3.15. The van der Waals surface area contributed by atoms with E-state index in [1.54, 1.807) is 12.1 Å². The Labute approximate surface area is 118 Å².